The van der Waals surface area contributed by atoms with Crippen LogP contribution in [-0.2, 0) is 9.53 Å². The number of hydrogen-bond acceptors (Lipinski definition) is 2. The predicted octanol–water partition coefficient (Wildman–Crippen LogP) is 0.547. The highest BCUT2D eigenvalue weighted by Gasteiger charge is 2.21. The van der Waals surface area contributed by atoms with Crippen LogP contribution in [-0.4, -0.2) is 25.7 Å². The number of hydrogen-bond donors (Lipinski definition) is 1. The van der Waals surface area contributed by atoms with E-state index in [1.807, 2.05) is 6.92 Å². The van der Waals surface area contributed by atoms with E-state index in [4.69, 9.17) is 4.74 Å². The van der Waals surface area contributed by atoms with Crippen molar-refractivity contribution in [2.75, 3.05) is 13.2 Å². The van der Waals surface area contributed by atoms with Gasteiger partial charge in [0.1, 0.15) is 0 Å². The Morgan fingerprint density at radius 1 is 1.73 bits per heavy atom. The highest BCUT2D eigenvalue weighted by molar-refractivity contribution is 5.45. The molecule has 0 spiro atoms. The molecule has 3 heteroatoms. The van der Waals surface area contributed by atoms with Crippen molar-refractivity contribution in [3.8, 4) is 0 Å². The molecule has 1 rings (SSSR count). The summed E-state index contributed by atoms with van der Waals surface area (Å²) in [6, 6.07) is 0. The van der Waals surface area contributed by atoms with Gasteiger partial charge in [-0.3, -0.25) is 4.79 Å². The van der Waals surface area contributed by atoms with Crippen molar-refractivity contribution < 1.29 is 9.53 Å². The summed E-state index contributed by atoms with van der Waals surface area (Å²) in [6.45, 7) is 3.46. The summed E-state index contributed by atoms with van der Waals surface area (Å²) in [4.78, 5) is 9.89. The SMILES string of the molecule is CC(CNC=O)OCC1CC1. The zero-order valence-corrected chi connectivity index (χ0v) is 6.88. The Balaban J connectivity index is 1.90. The van der Waals surface area contributed by atoms with Gasteiger partial charge in [0, 0.05) is 13.2 Å². The predicted molar refractivity (Wildman–Crippen MR) is 42.2 cm³/mol. The number of amides is 1. The van der Waals surface area contributed by atoms with Crippen LogP contribution in [0.25, 0.3) is 0 Å². The molecule has 1 atom stereocenters. The summed E-state index contributed by atoms with van der Waals surface area (Å²) < 4.78 is 5.45. The Hall–Kier alpha value is -0.570. The molecule has 1 fully saturated rings. The minimum atomic E-state index is 0.154. The zero-order chi connectivity index (χ0) is 8.10. The van der Waals surface area contributed by atoms with Crippen molar-refractivity contribution in [1.82, 2.24) is 5.32 Å². The summed E-state index contributed by atoms with van der Waals surface area (Å²) in [5, 5.41) is 2.59. The largest absolute Gasteiger partial charge is 0.376 e. The van der Waals surface area contributed by atoms with Gasteiger partial charge < -0.3 is 10.1 Å². The van der Waals surface area contributed by atoms with E-state index in [2.05, 4.69) is 5.32 Å². The van der Waals surface area contributed by atoms with Crippen LogP contribution in [0.5, 0.6) is 0 Å². The first-order chi connectivity index (χ1) is 5.33. The van der Waals surface area contributed by atoms with Gasteiger partial charge in [-0.1, -0.05) is 0 Å². The second kappa shape index (κ2) is 4.34. The molecule has 0 aromatic carbocycles. The first-order valence-electron chi connectivity index (χ1n) is 4.11. The maximum absolute atomic E-state index is 9.89. The number of ether oxygens (including phenoxy) is 1. The van der Waals surface area contributed by atoms with E-state index in [1.165, 1.54) is 12.8 Å². The second-order valence-electron chi connectivity index (χ2n) is 3.11. The number of carbonyl (C=O) groups is 1. The number of rotatable bonds is 6. The minimum absolute atomic E-state index is 0.154. The molecule has 0 aliphatic heterocycles. The van der Waals surface area contributed by atoms with Crippen LogP contribution in [0.15, 0.2) is 0 Å². The molecule has 0 saturated heterocycles. The second-order valence-corrected chi connectivity index (χ2v) is 3.11. The summed E-state index contributed by atoms with van der Waals surface area (Å²) >= 11 is 0. The molecule has 11 heavy (non-hydrogen) atoms. The molecule has 64 valence electrons. The van der Waals surface area contributed by atoms with Crippen molar-refractivity contribution in [2.24, 2.45) is 5.92 Å². The molecule has 0 bridgehead atoms. The van der Waals surface area contributed by atoms with Gasteiger partial charge in [0.05, 0.1) is 6.10 Å². The third kappa shape index (κ3) is 3.98. The Kier molecular flexibility index (Phi) is 3.36. The molecule has 0 aromatic rings. The molecule has 0 radical (unpaired) electrons. The first kappa shape index (κ1) is 8.53. The van der Waals surface area contributed by atoms with Crippen molar-refractivity contribution in [2.45, 2.75) is 25.9 Å². The lowest BCUT2D eigenvalue weighted by Crippen LogP contribution is -2.26. The highest BCUT2D eigenvalue weighted by Crippen LogP contribution is 2.29. The van der Waals surface area contributed by atoms with Crippen LogP contribution in [0.2, 0.25) is 0 Å². The number of nitrogens with one attached hydrogen (secondary N) is 1. The average Bonchev–Trinajstić information content (AvgIpc) is 2.80. The summed E-state index contributed by atoms with van der Waals surface area (Å²) in [6.07, 6.45) is 3.49. The van der Waals surface area contributed by atoms with Gasteiger partial charge >= 0.3 is 0 Å². The van der Waals surface area contributed by atoms with Gasteiger partial charge in [-0.25, -0.2) is 0 Å². The molecule has 1 unspecified atom stereocenters. The van der Waals surface area contributed by atoms with E-state index in [1.54, 1.807) is 0 Å². The molecule has 1 N–H and O–H groups in total. The van der Waals surface area contributed by atoms with Crippen molar-refractivity contribution >= 4 is 6.41 Å². The molecule has 1 aliphatic rings. The molecule has 3 nitrogen and oxygen atoms in total. The van der Waals surface area contributed by atoms with Gasteiger partial charge in [-0.15, -0.1) is 0 Å². The van der Waals surface area contributed by atoms with Crippen molar-refractivity contribution in [3.05, 3.63) is 0 Å². The van der Waals surface area contributed by atoms with Gasteiger partial charge in [-0.2, -0.15) is 0 Å². The first-order valence-corrected chi connectivity index (χ1v) is 4.11. The lowest BCUT2D eigenvalue weighted by Gasteiger charge is -2.11. The quantitative estimate of drug-likeness (QED) is 0.572. The molecular weight excluding hydrogens is 142 g/mol. The van der Waals surface area contributed by atoms with E-state index in [9.17, 15) is 4.79 Å². The van der Waals surface area contributed by atoms with Gasteiger partial charge in [0.15, 0.2) is 0 Å². The average molecular weight is 157 g/mol. The maximum atomic E-state index is 9.89. The van der Waals surface area contributed by atoms with Crippen LogP contribution in [0.3, 0.4) is 0 Å². The molecule has 1 aliphatic carbocycles. The van der Waals surface area contributed by atoms with Gasteiger partial charge in [0.25, 0.3) is 0 Å². The Morgan fingerprint density at radius 2 is 2.45 bits per heavy atom. The van der Waals surface area contributed by atoms with Crippen molar-refractivity contribution in [1.29, 1.82) is 0 Å². The Labute approximate surface area is 67.1 Å². The fourth-order valence-electron chi connectivity index (χ4n) is 0.858. The van der Waals surface area contributed by atoms with Crippen LogP contribution in [0.1, 0.15) is 19.8 Å². The number of carbonyl (C=O) groups excluding carboxylic acids is 1. The molecule has 1 saturated carbocycles. The van der Waals surface area contributed by atoms with E-state index < -0.39 is 0 Å². The van der Waals surface area contributed by atoms with E-state index >= 15 is 0 Å². The third-order valence-electron chi connectivity index (χ3n) is 1.80. The topological polar surface area (TPSA) is 38.3 Å². The normalized spacial score (nSPS) is 19.4. The fourth-order valence-corrected chi connectivity index (χ4v) is 0.858. The highest BCUT2D eigenvalue weighted by atomic mass is 16.5. The van der Waals surface area contributed by atoms with Gasteiger partial charge in [0.2, 0.25) is 6.41 Å². The lowest BCUT2D eigenvalue weighted by molar-refractivity contribution is -0.110. The molecule has 0 heterocycles. The van der Waals surface area contributed by atoms with Crippen LogP contribution >= 0.6 is 0 Å². The molecule has 0 aromatic heterocycles. The van der Waals surface area contributed by atoms with Crippen LogP contribution in [0.4, 0.5) is 0 Å². The summed E-state index contributed by atoms with van der Waals surface area (Å²) in [7, 11) is 0. The third-order valence-corrected chi connectivity index (χ3v) is 1.80. The smallest absolute Gasteiger partial charge is 0.207 e. The van der Waals surface area contributed by atoms with Crippen LogP contribution in [0, 0.1) is 5.92 Å². The van der Waals surface area contributed by atoms with E-state index in [-0.39, 0.29) is 6.10 Å². The van der Waals surface area contributed by atoms with E-state index in [0.717, 1.165) is 12.5 Å². The fraction of sp³-hybridized carbons (Fsp3) is 0.875. The lowest BCUT2D eigenvalue weighted by atomic mass is 10.4. The Bertz CT molecular complexity index is 123. The van der Waals surface area contributed by atoms with Gasteiger partial charge in [-0.05, 0) is 25.7 Å². The monoisotopic (exact) mass is 157 g/mol. The summed E-state index contributed by atoms with van der Waals surface area (Å²) in [5.41, 5.74) is 0. The van der Waals surface area contributed by atoms with Crippen LogP contribution < -0.4 is 5.32 Å². The standard InChI is InChI=1S/C8H15NO2/c1-7(4-9-6-10)11-5-8-2-3-8/h6-8H,2-5H2,1H3,(H,9,10). The zero-order valence-electron chi connectivity index (χ0n) is 6.88. The summed E-state index contributed by atoms with van der Waals surface area (Å²) in [5.74, 6) is 0.800. The minimum Gasteiger partial charge on any atom is -0.376 e. The van der Waals surface area contributed by atoms with Crippen molar-refractivity contribution in [3.63, 3.8) is 0 Å². The molecular formula is C8H15NO2. The van der Waals surface area contributed by atoms with E-state index in [0.29, 0.717) is 13.0 Å². The molecule has 1 amide bonds. The maximum Gasteiger partial charge on any atom is 0.207 e. The Morgan fingerprint density at radius 3 is 3.00 bits per heavy atom.